The first kappa shape index (κ1) is 21.3. The topological polar surface area (TPSA) is 98.8 Å². The van der Waals surface area contributed by atoms with Gasteiger partial charge in [-0.05, 0) is 69.4 Å². The molecule has 1 spiro atoms. The van der Waals surface area contributed by atoms with Crippen molar-refractivity contribution in [2.45, 2.75) is 69.5 Å². The van der Waals surface area contributed by atoms with Gasteiger partial charge in [-0.1, -0.05) is 18.9 Å². The molecule has 3 saturated heterocycles. The summed E-state index contributed by atoms with van der Waals surface area (Å²) in [7, 11) is 0. The summed E-state index contributed by atoms with van der Waals surface area (Å²) in [4.78, 5) is 53.5. The van der Waals surface area contributed by atoms with Gasteiger partial charge in [-0.25, -0.2) is 0 Å². The number of hydrogen-bond donors (Lipinski definition) is 2. The Morgan fingerprint density at radius 3 is 2.50 bits per heavy atom. The summed E-state index contributed by atoms with van der Waals surface area (Å²) in [6.07, 6.45) is 7.48. The maximum atomic E-state index is 13.1. The molecule has 1 unspecified atom stereocenters. The van der Waals surface area contributed by atoms with Crippen molar-refractivity contribution in [3.05, 3.63) is 34.9 Å². The van der Waals surface area contributed by atoms with E-state index < -0.39 is 23.8 Å². The Hall–Kier alpha value is -2.58. The number of nitrogens with one attached hydrogen (secondary N) is 2. The van der Waals surface area contributed by atoms with Gasteiger partial charge in [0, 0.05) is 18.5 Å². The van der Waals surface area contributed by atoms with E-state index in [1.54, 1.807) is 6.07 Å². The Labute approximate surface area is 187 Å². The largest absolute Gasteiger partial charge is 0.317 e. The minimum absolute atomic E-state index is 0.126. The molecular weight excluding hydrogens is 408 g/mol. The molecule has 1 aromatic rings. The molecule has 32 heavy (non-hydrogen) atoms. The number of piperidine rings is 2. The summed E-state index contributed by atoms with van der Waals surface area (Å²) in [5, 5.41) is 5.72. The molecule has 0 radical (unpaired) electrons. The van der Waals surface area contributed by atoms with E-state index in [2.05, 4.69) is 15.5 Å². The number of fused-ring (bicyclic) bond motifs is 1. The van der Waals surface area contributed by atoms with Crippen LogP contribution >= 0.6 is 0 Å². The first-order chi connectivity index (χ1) is 15.5. The molecule has 4 aliphatic rings. The number of amides is 4. The number of nitrogens with zero attached hydrogens (tertiary/aromatic N) is 2. The molecule has 0 bridgehead atoms. The van der Waals surface area contributed by atoms with Gasteiger partial charge in [0.05, 0.1) is 11.1 Å². The van der Waals surface area contributed by atoms with Gasteiger partial charge in [0.25, 0.3) is 11.8 Å². The van der Waals surface area contributed by atoms with Crippen molar-refractivity contribution in [2.75, 3.05) is 19.6 Å². The fourth-order valence-electron chi connectivity index (χ4n) is 5.87. The summed E-state index contributed by atoms with van der Waals surface area (Å²) >= 11 is 0. The van der Waals surface area contributed by atoms with E-state index in [9.17, 15) is 19.2 Å². The zero-order valence-electron chi connectivity index (χ0n) is 18.3. The van der Waals surface area contributed by atoms with Crippen molar-refractivity contribution in [3.8, 4) is 0 Å². The van der Waals surface area contributed by atoms with Crippen molar-refractivity contribution in [3.63, 3.8) is 0 Å². The van der Waals surface area contributed by atoms with Gasteiger partial charge in [0.2, 0.25) is 11.8 Å². The molecule has 4 amide bonds. The monoisotopic (exact) mass is 438 g/mol. The number of carbonyl (C=O) groups is 4. The third kappa shape index (κ3) is 3.65. The SMILES string of the molecule is O=C1CCC(N2C(=O)c3ccc(CN4CCCCCC45CCNCC5)cc3C2=O)C(=O)N1. The lowest BCUT2D eigenvalue weighted by atomic mass is 9.82. The molecular formula is C24H30N4O4. The minimum Gasteiger partial charge on any atom is -0.317 e. The number of likely N-dealkylation sites (tertiary alicyclic amines) is 1. The molecule has 0 aliphatic carbocycles. The summed E-state index contributed by atoms with van der Waals surface area (Å²) in [5.41, 5.74) is 1.94. The molecule has 4 heterocycles. The van der Waals surface area contributed by atoms with Crippen LogP contribution in [0.3, 0.4) is 0 Å². The van der Waals surface area contributed by atoms with Crippen LogP contribution in [0.5, 0.6) is 0 Å². The van der Waals surface area contributed by atoms with Crippen LogP contribution in [-0.4, -0.2) is 64.6 Å². The second kappa shape index (κ2) is 8.41. The predicted octanol–water partition coefficient (Wildman–Crippen LogP) is 1.59. The highest BCUT2D eigenvalue weighted by Gasteiger charge is 2.45. The van der Waals surface area contributed by atoms with E-state index in [0.717, 1.165) is 49.5 Å². The van der Waals surface area contributed by atoms with E-state index in [-0.39, 0.29) is 24.3 Å². The van der Waals surface area contributed by atoms with Gasteiger partial charge < -0.3 is 5.32 Å². The highest BCUT2D eigenvalue weighted by Crippen LogP contribution is 2.36. The molecule has 1 atom stereocenters. The number of carbonyl (C=O) groups excluding carboxylic acids is 4. The van der Waals surface area contributed by atoms with Crippen molar-refractivity contribution in [2.24, 2.45) is 0 Å². The lowest BCUT2D eigenvalue weighted by Gasteiger charge is -2.46. The predicted molar refractivity (Wildman–Crippen MR) is 117 cm³/mol. The summed E-state index contributed by atoms with van der Waals surface area (Å²) in [6.45, 7) is 3.88. The normalized spacial score (nSPS) is 26.2. The molecule has 5 rings (SSSR count). The average Bonchev–Trinajstić information content (AvgIpc) is 2.91. The fraction of sp³-hybridized carbons (Fsp3) is 0.583. The second-order valence-corrected chi connectivity index (χ2v) is 9.53. The summed E-state index contributed by atoms with van der Waals surface area (Å²) in [5.74, 6) is -1.83. The molecule has 170 valence electrons. The molecule has 0 aromatic heterocycles. The van der Waals surface area contributed by atoms with Crippen LogP contribution in [0.1, 0.15) is 77.6 Å². The molecule has 4 aliphatic heterocycles. The van der Waals surface area contributed by atoms with E-state index in [4.69, 9.17) is 0 Å². The molecule has 0 saturated carbocycles. The van der Waals surface area contributed by atoms with Crippen LogP contribution < -0.4 is 10.6 Å². The number of hydrogen-bond acceptors (Lipinski definition) is 6. The van der Waals surface area contributed by atoms with Gasteiger partial charge in [-0.3, -0.25) is 34.3 Å². The molecule has 1 aromatic carbocycles. The van der Waals surface area contributed by atoms with E-state index in [1.807, 2.05) is 12.1 Å². The lowest BCUT2D eigenvalue weighted by molar-refractivity contribution is -0.136. The number of imide groups is 2. The van der Waals surface area contributed by atoms with E-state index in [1.165, 1.54) is 25.7 Å². The van der Waals surface area contributed by atoms with Crippen LogP contribution in [0.25, 0.3) is 0 Å². The lowest BCUT2D eigenvalue weighted by Crippen LogP contribution is -2.54. The number of benzene rings is 1. The Morgan fingerprint density at radius 1 is 0.938 bits per heavy atom. The van der Waals surface area contributed by atoms with Crippen molar-refractivity contribution in [1.29, 1.82) is 0 Å². The van der Waals surface area contributed by atoms with Gasteiger partial charge >= 0.3 is 0 Å². The van der Waals surface area contributed by atoms with Crippen LogP contribution in [0.2, 0.25) is 0 Å². The van der Waals surface area contributed by atoms with Crippen molar-refractivity contribution in [1.82, 2.24) is 20.4 Å². The van der Waals surface area contributed by atoms with Gasteiger partial charge in [0.1, 0.15) is 6.04 Å². The first-order valence-corrected chi connectivity index (χ1v) is 11.8. The Balaban J connectivity index is 1.38. The quantitative estimate of drug-likeness (QED) is 0.696. The zero-order valence-corrected chi connectivity index (χ0v) is 18.3. The maximum Gasteiger partial charge on any atom is 0.262 e. The van der Waals surface area contributed by atoms with Crippen LogP contribution in [0.15, 0.2) is 18.2 Å². The van der Waals surface area contributed by atoms with Crippen molar-refractivity contribution >= 4 is 23.6 Å². The van der Waals surface area contributed by atoms with Crippen LogP contribution in [0.4, 0.5) is 0 Å². The van der Waals surface area contributed by atoms with E-state index in [0.29, 0.717) is 11.1 Å². The zero-order chi connectivity index (χ0) is 22.3. The summed E-state index contributed by atoms with van der Waals surface area (Å²) in [6, 6.07) is 4.58. The molecule has 3 fully saturated rings. The highest BCUT2D eigenvalue weighted by atomic mass is 16.2. The fourth-order valence-corrected chi connectivity index (χ4v) is 5.87. The molecule has 8 nitrogen and oxygen atoms in total. The second-order valence-electron chi connectivity index (χ2n) is 9.53. The third-order valence-electron chi connectivity index (χ3n) is 7.65. The van der Waals surface area contributed by atoms with Crippen molar-refractivity contribution < 1.29 is 19.2 Å². The Bertz CT molecular complexity index is 969. The Kier molecular flexibility index (Phi) is 5.59. The smallest absolute Gasteiger partial charge is 0.262 e. The van der Waals surface area contributed by atoms with Gasteiger partial charge in [0.15, 0.2) is 0 Å². The molecule has 2 N–H and O–H groups in total. The Morgan fingerprint density at radius 2 is 1.72 bits per heavy atom. The first-order valence-electron chi connectivity index (χ1n) is 11.8. The van der Waals surface area contributed by atoms with E-state index >= 15 is 0 Å². The van der Waals surface area contributed by atoms with Gasteiger partial charge in [-0.15, -0.1) is 0 Å². The van der Waals surface area contributed by atoms with Crippen LogP contribution in [-0.2, 0) is 16.1 Å². The number of rotatable bonds is 3. The maximum absolute atomic E-state index is 13.1. The minimum atomic E-state index is -0.924. The third-order valence-corrected chi connectivity index (χ3v) is 7.65. The van der Waals surface area contributed by atoms with Crippen LogP contribution in [0, 0.1) is 0 Å². The van der Waals surface area contributed by atoms with Gasteiger partial charge in [-0.2, -0.15) is 0 Å². The standard InChI is InChI=1S/C24H30N4O4/c29-20-7-6-19(21(30)26-20)28-22(31)17-5-4-16(14-18(17)23(28)32)15-27-13-3-1-2-8-24(27)9-11-25-12-10-24/h4-5,14,19,25H,1-3,6-13,15H2,(H,26,29,30). The highest BCUT2D eigenvalue weighted by molar-refractivity contribution is 6.23. The molecule has 8 heteroatoms. The summed E-state index contributed by atoms with van der Waals surface area (Å²) < 4.78 is 0. The average molecular weight is 439 g/mol.